The molecule has 0 amide bonds. The van der Waals surface area contributed by atoms with E-state index in [1.807, 2.05) is 0 Å². The Kier molecular flexibility index (Phi) is 4.08. The average molecular weight is 356 g/mol. The first-order valence-corrected chi connectivity index (χ1v) is 6.16. The summed E-state index contributed by atoms with van der Waals surface area (Å²) in [6, 6.07) is 6.45. The molecule has 0 saturated heterocycles. The molecule has 5 nitrogen and oxygen atoms in total. The number of aromatic nitrogens is 2. The zero-order valence-electron chi connectivity index (χ0n) is 9.21. The van der Waals surface area contributed by atoms with Crippen molar-refractivity contribution >= 4 is 28.6 Å². The number of carboxylic acid groups (broad SMARTS) is 1. The van der Waals surface area contributed by atoms with E-state index in [0.29, 0.717) is 11.6 Å². The number of benzene rings is 1. The van der Waals surface area contributed by atoms with Gasteiger partial charge in [-0.15, -0.1) is 0 Å². The van der Waals surface area contributed by atoms with Crippen molar-refractivity contribution in [1.29, 1.82) is 0 Å². The van der Waals surface area contributed by atoms with Crippen molar-refractivity contribution in [1.82, 2.24) is 9.97 Å². The summed E-state index contributed by atoms with van der Waals surface area (Å²) in [7, 11) is 0. The third-order valence-corrected chi connectivity index (χ3v) is 3.05. The molecule has 1 heterocycles. The summed E-state index contributed by atoms with van der Waals surface area (Å²) < 4.78 is 6.36. The second kappa shape index (κ2) is 5.76. The molecule has 0 unspecified atom stereocenters. The molecule has 1 aromatic carbocycles. The highest BCUT2D eigenvalue weighted by Crippen LogP contribution is 2.23. The van der Waals surface area contributed by atoms with Crippen molar-refractivity contribution in [2.24, 2.45) is 0 Å². The summed E-state index contributed by atoms with van der Waals surface area (Å²) in [6.07, 6.45) is 3.26. The van der Waals surface area contributed by atoms with E-state index in [1.165, 1.54) is 12.1 Å². The summed E-state index contributed by atoms with van der Waals surface area (Å²) >= 11 is 2.08. The molecule has 0 aliphatic rings. The van der Waals surface area contributed by atoms with Crippen LogP contribution in [-0.2, 0) is 6.61 Å². The molecule has 0 atom stereocenters. The highest BCUT2D eigenvalue weighted by Gasteiger charge is 2.08. The van der Waals surface area contributed by atoms with Crippen LogP contribution in [0.25, 0.3) is 0 Å². The van der Waals surface area contributed by atoms with Gasteiger partial charge in [0, 0.05) is 12.4 Å². The minimum absolute atomic E-state index is 0.194. The quantitative estimate of drug-likeness (QED) is 0.852. The normalized spacial score (nSPS) is 10.1. The van der Waals surface area contributed by atoms with E-state index in [4.69, 9.17) is 9.84 Å². The molecule has 0 radical (unpaired) electrons. The highest BCUT2D eigenvalue weighted by atomic mass is 127. The fourth-order valence-corrected chi connectivity index (χ4v) is 1.79. The van der Waals surface area contributed by atoms with Gasteiger partial charge in [-0.05, 0) is 46.9 Å². The van der Waals surface area contributed by atoms with E-state index in [1.54, 1.807) is 24.5 Å². The van der Waals surface area contributed by atoms with Gasteiger partial charge >= 0.3 is 5.97 Å². The number of rotatable bonds is 4. The van der Waals surface area contributed by atoms with Crippen LogP contribution in [0.3, 0.4) is 0 Å². The predicted octanol–water partition coefficient (Wildman–Crippen LogP) is 2.36. The Labute approximate surface area is 117 Å². The molecule has 0 aliphatic heterocycles. The number of nitrogens with zero attached hydrogens (tertiary/aromatic N) is 2. The van der Waals surface area contributed by atoms with Crippen molar-refractivity contribution in [2.75, 3.05) is 0 Å². The molecule has 0 spiro atoms. The maximum Gasteiger partial charge on any atom is 0.335 e. The van der Waals surface area contributed by atoms with Gasteiger partial charge in [0.15, 0.2) is 5.82 Å². The highest BCUT2D eigenvalue weighted by molar-refractivity contribution is 14.1. The summed E-state index contributed by atoms with van der Waals surface area (Å²) in [6.45, 7) is 0.208. The van der Waals surface area contributed by atoms with Crippen LogP contribution in [-0.4, -0.2) is 21.0 Å². The molecule has 1 N–H and O–H groups in total. The van der Waals surface area contributed by atoms with E-state index in [9.17, 15) is 4.79 Å². The van der Waals surface area contributed by atoms with Gasteiger partial charge in [0.2, 0.25) is 0 Å². The number of carbonyl (C=O) groups is 1. The second-order valence-corrected chi connectivity index (χ2v) is 4.57. The first-order chi connectivity index (χ1) is 8.66. The van der Waals surface area contributed by atoms with Gasteiger partial charge in [-0.1, -0.05) is 0 Å². The van der Waals surface area contributed by atoms with Gasteiger partial charge in [-0.3, -0.25) is 0 Å². The molecular formula is C12H9IN2O3. The van der Waals surface area contributed by atoms with E-state index < -0.39 is 5.97 Å². The Morgan fingerprint density at radius 2 is 2.06 bits per heavy atom. The molecule has 2 rings (SSSR count). The van der Waals surface area contributed by atoms with E-state index in [-0.39, 0.29) is 12.2 Å². The van der Waals surface area contributed by atoms with Crippen molar-refractivity contribution in [2.45, 2.75) is 6.61 Å². The Bertz CT molecular complexity index is 561. The topological polar surface area (TPSA) is 72.3 Å². The zero-order chi connectivity index (χ0) is 13.0. The van der Waals surface area contributed by atoms with Crippen LogP contribution >= 0.6 is 22.6 Å². The molecule has 2 aromatic rings. The lowest BCUT2D eigenvalue weighted by Gasteiger charge is -2.08. The third-order valence-electron chi connectivity index (χ3n) is 2.15. The fraction of sp³-hybridized carbons (Fsp3) is 0.0833. The van der Waals surface area contributed by atoms with Crippen molar-refractivity contribution in [3.05, 3.63) is 51.6 Å². The maximum absolute atomic E-state index is 10.9. The number of hydrogen-bond acceptors (Lipinski definition) is 4. The lowest BCUT2D eigenvalue weighted by atomic mass is 10.2. The molecule has 0 aliphatic carbocycles. The Hall–Kier alpha value is -1.70. The number of aromatic carboxylic acids is 1. The van der Waals surface area contributed by atoms with Crippen LogP contribution < -0.4 is 4.74 Å². The van der Waals surface area contributed by atoms with E-state index >= 15 is 0 Å². The summed E-state index contributed by atoms with van der Waals surface area (Å²) in [5.74, 6) is 0.0872. The molecule has 1 aromatic heterocycles. The number of halogens is 1. The minimum atomic E-state index is -0.979. The van der Waals surface area contributed by atoms with Gasteiger partial charge in [0.25, 0.3) is 0 Å². The van der Waals surface area contributed by atoms with Crippen molar-refractivity contribution in [3.63, 3.8) is 0 Å². The number of carboxylic acids is 1. The summed E-state index contributed by atoms with van der Waals surface area (Å²) in [5, 5.41) is 8.90. The Balaban J connectivity index is 2.14. The van der Waals surface area contributed by atoms with Crippen LogP contribution in [0.5, 0.6) is 5.75 Å². The average Bonchev–Trinajstić information content (AvgIpc) is 2.38. The van der Waals surface area contributed by atoms with Gasteiger partial charge in [-0.25, -0.2) is 14.8 Å². The minimum Gasteiger partial charge on any atom is -0.484 e. The predicted molar refractivity (Wildman–Crippen MR) is 72.5 cm³/mol. The van der Waals surface area contributed by atoms with Crippen molar-refractivity contribution in [3.8, 4) is 5.75 Å². The molecule has 92 valence electrons. The van der Waals surface area contributed by atoms with E-state index in [2.05, 4.69) is 32.6 Å². The summed E-state index contributed by atoms with van der Waals surface area (Å²) in [5.41, 5.74) is 0.194. The fourth-order valence-electron chi connectivity index (χ4n) is 1.29. The standard InChI is InChI=1S/C12H9IN2O3/c13-9-3-2-8(12(16)17)6-10(9)18-7-11-14-4-1-5-15-11/h1-6H,7H2,(H,16,17). The smallest absolute Gasteiger partial charge is 0.335 e. The SMILES string of the molecule is O=C(O)c1ccc(I)c(OCc2ncccn2)c1. The van der Waals surface area contributed by atoms with E-state index in [0.717, 1.165) is 3.57 Å². The molecule has 18 heavy (non-hydrogen) atoms. The summed E-state index contributed by atoms with van der Waals surface area (Å²) in [4.78, 5) is 18.9. The Morgan fingerprint density at radius 3 is 2.72 bits per heavy atom. The molecule has 0 saturated carbocycles. The van der Waals surface area contributed by atoms with Crippen LogP contribution in [0.4, 0.5) is 0 Å². The third kappa shape index (κ3) is 3.16. The van der Waals surface area contributed by atoms with Gasteiger partial charge in [0.05, 0.1) is 9.13 Å². The molecule has 0 bridgehead atoms. The van der Waals surface area contributed by atoms with Gasteiger partial charge in [0.1, 0.15) is 12.4 Å². The first-order valence-electron chi connectivity index (χ1n) is 5.08. The molecule has 6 heteroatoms. The lowest BCUT2D eigenvalue weighted by molar-refractivity contribution is 0.0696. The van der Waals surface area contributed by atoms with Crippen molar-refractivity contribution < 1.29 is 14.6 Å². The second-order valence-electron chi connectivity index (χ2n) is 3.40. The maximum atomic E-state index is 10.9. The van der Waals surface area contributed by atoms with Gasteiger partial charge in [-0.2, -0.15) is 0 Å². The lowest BCUT2D eigenvalue weighted by Crippen LogP contribution is -2.03. The first kappa shape index (κ1) is 12.7. The van der Waals surface area contributed by atoms with Crippen LogP contribution in [0.1, 0.15) is 16.2 Å². The largest absolute Gasteiger partial charge is 0.484 e. The van der Waals surface area contributed by atoms with Crippen LogP contribution in [0, 0.1) is 3.57 Å². The number of ether oxygens (including phenoxy) is 1. The monoisotopic (exact) mass is 356 g/mol. The van der Waals surface area contributed by atoms with Crippen LogP contribution in [0.15, 0.2) is 36.7 Å². The van der Waals surface area contributed by atoms with Crippen LogP contribution in [0.2, 0.25) is 0 Å². The zero-order valence-corrected chi connectivity index (χ0v) is 11.4. The molecular weight excluding hydrogens is 347 g/mol. The van der Waals surface area contributed by atoms with Gasteiger partial charge < -0.3 is 9.84 Å². The Morgan fingerprint density at radius 1 is 1.33 bits per heavy atom. The molecule has 0 fully saturated rings. The number of hydrogen-bond donors (Lipinski definition) is 1.